The summed E-state index contributed by atoms with van der Waals surface area (Å²) in [4.78, 5) is 0. The maximum atomic E-state index is 9.68. The Morgan fingerprint density at radius 1 is 1.50 bits per heavy atom. The molecule has 0 amide bonds. The van der Waals surface area contributed by atoms with Gasteiger partial charge in [-0.1, -0.05) is 0 Å². The first-order chi connectivity index (χ1) is 7.62. The van der Waals surface area contributed by atoms with E-state index in [1.807, 2.05) is 18.7 Å². The van der Waals surface area contributed by atoms with Crippen LogP contribution >= 0.6 is 0 Å². The molecule has 1 N–H and O–H groups in total. The molecule has 2 unspecified atom stereocenters. The van der Waals surface area contributed by atoms with Gasteiger partial charge in [0, 0.05) is 19.3 Å². The predicted octanol–water partition coefficient (Wildman–Crippen LogP) is 1.68. The lowest BCUT2D eigenvalue weighted by molar-refractivity contribution is 0.115. The molecule has 3 heteroatoms. The van der Waals surface area contributed by atoms with Gasteiger partial charge in [0.05, 0.1) is 5.69 Å². The molecule has 0 aliphatic heterocycles. The number of aryl methyl sites for hydroxylation is 2. The Hall–Kier alpha value is -0.830. The second kappa shape index (κ2) is 3.33. The molecular formula is C13H20N2O. The Morgan fingerprint density at radius 3 is 2.69 bits per heavy atom. The highest BCUT2D eigenvalue weighted by Crippen LogP contribution is 2.60. The molecule has 1 aromatic heterocycles. The molecule has 0 aromatic carbocycles. The van der Waals surface area contributed by atoms with Crippen molar-refractivity contribution in [1.29, 1.82) is 0 Å². The largest absolute Gasteiger partial charge is 0.396 e. The molecule has 1 aromatic rings. The third-order valence-corrected chi connectivity index (χ3v) is 4.45. The highest BCUT2D eigenvalue weighted by molar-refractivity contribution is 5.14. The van der Waals surface area contributed by atoms with Crippen LogP contribution in [-0.2, 0) is 13.5 Å². The van der Waals surface area contributed by atoms with Gasteiger partial charge < -0.3 is 5.11 Å². The third-order valence-electron chi connectivity index (χ3n) is 4.45. The summed E-state index contributed by atoms with van der Waals surface area (Å²) in [5, 5.41) is 14.1. The molecule has 2 aliphatic carbocycles. The van der Waals surface area contributed by atoms with Crippen LogP contribution in [0.5, 0.6) is 0 Å². The Balaban J connectivity index is 1.79. The lowest BCUT2D eigenvalue weighted by atomic mass is 9.79. The van der Waals surface area contributed by atoms with Crippen molar-refractivity contribution < 1.29 is 5.11 Å². The molecule has 88 valence electrons. The minimum absolute atomic E-state index is 0.161. The van der Waals surface area contributed by atoms with E-state index in [1.165, 1.54) is 25.0 Å². The molecule has 0 bridgehead atoms. The van der Waals surface area contributed by atoms with Crippen LogP contribution in [0.25, 0.3) is 0 Å². The molecule has 0 spiro atoms. The van der Waals surface area contributed by atoms with Crippen molar-refractivity contribution in [2.24, 2.45) is 24.3 Å². The van der Waals surface area contributed by atoms with E-state index in [1.54, 1.807) is 0 Å². The van der Waals surface area contributed by atoms with Gasteiger partial charge >= 0.3 is 0 Å². The summed E-state index contributed by atoms with van der Waals surface area (Å²) in [5.74, 6) is 1.84. The van der Waals surface area contributed by atoms with E-state index in [4.69, 9.17) is 0 Å². The van der Waals surface area contributed by atoms with Crippen molar-refractivity contribution in [3.63, 3.8) is 0 Å². The first kappa shape index (κ1) is 10.3. The summed E-state index contributed by atoms with van der Waals surface area (Å²) in [6.45, 7) is 2.37. The van der Waals surface area contributed by atoms with E-state index in [2.05, 4.69) is 11.2 Å². The fourth-order valence-electron chi connectivity index (χ4n) is 3.55. The highest BCUT2D eigenvalue weighted by Gasteiger charge is 2.53. The van der Waals surface area contributed by atoms with Gasteiger partial charge in [-0.2, -0.15) is 5.10 Å². The molecule has 3 nitrogen and oxygen atoms in total. The predicted molar refractivity (Wildman–Crippen MR) is 62.0 cm³/mol. The summed E-state index contributed by atoms with van der Waals surface area (Å²) >= 11 is 0. The van der Waals surface area contributed by atoms with E-state index >= 15 is 0 Å². The number of aliphatic hydroxyl groups excluding tert-OH is 1. The average molecular weight is 220 g/mol. The van der Waals surface area contributed by atoms with Crippen LogP contribution in [0.4, 0.5) is 0 Å². The van der Waals surface area contributed by atoms with Gasteiger partial charge in [-0.3, -0.25) is 4.68 Å². The Morgan fingerprint density at radius 2 is 2.19 bits per heavy atom. The lowest BCUT2D eigenvalue weighted by Crippen LogP contribution is -2.27. The molecule has 2 aliphatic rings. The van der Waals surface area contributed by atoms with Crippen LogP contribution in [-0.4, -0.2) is 21.5 Å². The number of aromatic nitrogens is 2. The van der Waals surface area contributed by atoms with E-state index in [-0.39, 0.29) is 5.41 Å². The van der Waals surface area contributed by atoms with Crippen molar-refractivity contribution in [2.75, 3.05) is 6.61 Å². The van der Waals surface area contributed by atoms with Crippen molar-refractivity contribution >= 4 is 0 Å². The maximum absolute atomic E-state index is 9.68. The van der Waals surface area contributed by atoms with Gasteiger partial charge in [-0.25, -0.2) is 0 Å². The Labute approximate surface area is 96.5 Å². The molecule has 0 saturated heterocycles. The second-order valence-electron chi connectivity index (χ2n) is 5.90. The number of fused-ring (bicyclic) bond motifs is 1. The summed E-state index contributed by atoms with van der Waals surface area (Å²) in [5.41, 5.74) is 2.51. The minimum Gasteiger partial charge on any atom is -0.396 e. The van der Waals surface area contributed by atoms with Crippen LogP contribution in [0.15, 0.2) is 6.07 Å². The lowest BCUT2D eigenvalue weighted by Gasteiger charge is -2.28. The number of nitrogens with zero attached hydrogens (tertiary/aromatic N) is 2. The van der Waals surface area contributed by atoms with E-state index < -0.39 is 0 Å². The van der Waals surface area contributed by atoms with Crippen LogP contribution in [0.3, 0.4) is 0 Å². The van der Waals surface area contributed by atoms with Crippen LogP contribution in [0, 0.1) is 24.2 Å². The number of aliphatic hydroxyl groups is 1. The maximum Gasteiger partial charge on any atom is 0.0596 e. The zero-order chi connectivity index (χ0) is 11.3. The molecule has 0 radical (unpaired) electrons. The van der Waals surface area contributed by atoms with E-state index in [9.17, 15) is 5.11 Å². The van der Waals surface area contributed by atoms with Gasteiger partial charge in [-0.15, -0.1) is 0 Å². The normalized spacial score (nSPS) is 36.4. The molecule has 1 heterocycles. The van der Waals surface area contributed by atoms with Gasteiger partial charge in [0.1, 0.15) is 0 Å². The zero-order valence-electron chi connectivity index (χ0n) is 10.1. The molecule has 2 atom stereocenters. The summed E-state index contributed by atoms with van der Waals surface area (Å²) in [7, 11) is 2.00. The van der Waals surface area contributed by atoms with Crippen molar-refractivity contribution in [3.05, 3.63) is 17.5 Å². The van der Waals surface area contributed by atoms with Crippen molar-refractivity contribution in [3.8, 4) is 0 Å². The molecule has 2 fully saturated rings. The Kier molecular flexibility index (Phi) is 2.15. The topological polar surface area (TPSA) is 38.0 Å². The molecule has 2 saturated carbocycles. The van der Waals surface area contributed by atoms with Crippen LogP contribution < -0.4 is 0 Å². The number of hydrogen-bond acceptors (Lipinski definition) is 2. The SMILES string of the molecule is Cc1cc(CC2(CO)CC3CC3C2)n(C)n1. The van der Waals surface area contributed by atoms with Crippen molar-refractivity contribution in [2.45, 2.75) is 32.6 Å². The van der Waals surface area contributed by atoms with Gasteiger partial charge in [0.25, 0.3) is 0 Å². The highest BCUT2D eigenvalue weighted by atomic mass is 16.3. The fourth-order valence-corrected chi connectivity index (χ4v) is 3.55. The van der Waals surface area contributed by atoms with Crippen LogP contribution in [0.1, 0.15) is 30.7 Å². The first-order valence-corrected chi connectivity index (χ1v) is 6.22. The van der Waals surface area contributed by atoms with Gasteiger partial charge in [0.2, 0.25) is 0 Å². The summed E-state index contributed by atoms with van der Waals surface area (Å²) in [6, 6.07) is 2.15. The monoisotopic (exact) mass is 220 g/mol. The van der Waals surface area contributed by atoms with E-state index in [0.717, 1.165) is 24.0 Å². The number of rotatable bonds is 3. The van der Waals surface area contributed by atoms with Crippen molar-refractivity contribution in [1.82, 2.24) is 9.78 Å². The standard InChI is InChI=1S/C13H20N2O/c1-9-3-12(15(2)14-9)7-13(8-16)5-10-4-11(10)6-13/h3,10-11,16H,4-8H2,1-2H3. The third kappa shape index (κ3) is 1.58. The molecule has 16 heavy (non-hydrogen) atoms. The zero-order valence-corrected chi connectivity index (χ0v) is 10.1. The van der Waals surface area contributed by atoms with Gasteiger partial charge in [-0.05, 0) is 55.9 Å². The van der Waals surface area contributed by atoms with Crippen LogP contribution in [0.2, 0.25) is 0 Å². The quantitative estimate of drug-likeness (QED) is 0.841. The Bertz CT molecular complexity index is 400. The smallest absolute Gasteiger partial charge is 0.0596 e. The first-order valence-electron chi connectivity index (χ1n) is 6.22. The minimum atomic E-state index is 0.161. The van der Waals surface area contributed by atoms with E-state index in [0.29, 0.717) is 6.61 Å². The summed E-state index contributed by atoms with van der Waals surface area (Å²) < 4.78 is 1.97. The number of hydrogen-bond donors (Lipinski definition) is 1. The molecular weight excluding hydrogens is 200 g/mol. The second-order valence-corrected chi connectivity index (χ2v) is 5.90. The van der Waals surface area contributed by atoms with Gasteiger partial charge in [0.15, 0.2) is 0 Å². The fraction of sp³-hybridized carbons (Fsp3) is 0.769. The molecule has 3 rings (SSSR count). The average Bonchev–Trinajstić information content (AvgIpc) is 2.72. The summed E-state index contributed by atoms with van der Waals surface area (Å²) in [6.07, 6.45) is 4.84.